The molecular formula is C17H18BrN3O. The van der Waals surface area contributed by atoms with Crippen molar-refractivity contribution in [3.8, 4) is 0 Å². The van der Waals surface area contributed by atoms with E-state index in [2.05, 4.69) is 31.1 Å². The standard InChI is InChI=1S/C17H18BrN3O/c1-12-15(7-8-16(19-12)21-9-2-3-10-21)20-17(22)13-5-4-6-14(18)11-13/h4-8,11H,2-3,9-10H2,1H3,(H,20,22). The molecular weight excluding hydrogens is 342 g/mol. The van der Waals surface area contributed by atoms with Gasteiger partial charge in [-0.2, -0.15) is 0 Å². The van der Waals surface area contributed by atoms with Gasteiger partial charge in [-0.3, -0.25) is 4.79 Å². The van der Waals surface area contributed by atoms with Crippen molar-refractivity contribution in [2.75, 3.05) is 23.3 Å². The van der Waals surface area contributed by atoms with Crippen LogP contribution in [0.25, 0.3) is 0 Å². The summed E-state index contributed by atoms with van der Waals surface area (Å²) < 4.78 is 0.888. The van der Waals surface area contributed by atoms with Gasteiger partial charge in [0.25, 0.3) is 5.91 Å². The molecule has 1 fully saturated rings. The van der Waals surface area contributed by atoms with E-state index in [-0.39, 0.29) is 5.91 Å². The van der Waals surface area contributed by atoms with Crippen LogP contribution in [-0.2, 0) is 0 Å². The second kappa shape index (κ2) is 6.48. The maximum absolute atomic E-state index is 12.3. The molecule has 1 aromatic carbocycles. The number of hydrogen-bond donors (Lipinski definition) is 1. The van der Waals surface area contributed by atoms with Crippen LogP contribution in [-0.4, -0.2) is 24.0 Å². The van der Waals surface area contributed by atoms with Gasteiger partial charge >= 0.3 is 0 Å². The Morgan fingerprint density at radius 1 is 1.23 bits per heavy atom. The predicted octanol–water partition coefficient (Wildman–Crippen LogP) is 4.01. The van der Waals surface area contributed by atoms with Crippen molar-refractivity contribution in [1.82, 2.24) is 4.98 Å². The number of nitrogens with one attached hydrogen (secondary N) is 1. The number of carbonyl (C=O) groups excluding carboxylic acids is 1. The molecule has 22 heavy (non-hydrogen) atoms. The van der Waals surface area contributed by atoms with Crippen LogP contribution in [0.4, 0.5) is 11.5 Å². The molecule has 114 valence electrons. The zero-order valence-electron chi connectivity index (χ0n) is 12.5. The number of nitrogens with zero attached hydrogens (tertiary/aromatic N) is 2. The molecule has 0 saturated carbocycles. The lowest BCUT2D eigenvalue weighted by Gasteiger charge is -2.18. The first kappa shape index (κ1) is 15.0. The smallest absolute Gasteiger partial charge is 0.255 e. The zero-order valence-corrected chi connectivity index (χ0v) is 14.1. The second-order valence-corrected chi connectivity index (χ2v) is 6.38. The predicted molar refractivity (Wildman–Crippen MR) is 92.5 cm³/mol. The summed E-state index contributed by atoms with van der Waals surface area (Å²) in [5.41, 5.74) is 2.22. The fourth-order valence-corrected chi connectivity index (χ4v) is 3.03. The largest absolute Gasteiger partial charge is 0.357 e. The van der Waals surface area contributed by atoms with Gasteiger partial charge < -0.3 is 10.2 Å². The Bertz CT molecular complexity index is 696. The molecule has 1 N–H and O–H groups in total. The summed E-state index contributed by atoms with van der Waals surface area (Å²) in [4.78, 5) is 19.2. The van der Waals surface area contributed by atoms with Gasteiger partial charge in [0.15, 0.2) is 0 Å². The summed E-state index contributed by atoms with van der Waals surface area (Å²) in [6, 6.07) is 11.3. The van der Waals surface area contributed by atoms with Crippen molar-refractivity contribution in [3.63, 3.8) is 0 Å². The number of pyridine rings is 1. The number of aryl methyl sites for hydroxylation is 1. The summed E-state index contributed by atoms with van der Waals surface area (Å²) in [5.74, 6) is 0.871. The maximum Gasteiger partial charge on any atom is 0.255 e. The fourth-order valence-electron chi connectivity index (χ4n) is 2.63. The van der Waals surface area contributed by atoms with Crippen LogP contribution < -0.4 is 10.2 Å². The van der Waals surface area contributed by atoms with E-state index in [1.807, 2.05) is 31.2 Å². The third kappa shape index (κ3) is 3.30. The van der Waals surface area contributed by atoms with E-state index < -0.39 is 0 Å². The van der Waals surface area contributed by atoms with Crippen molar-refractivity contribution in [2.45, 2.75) is 19.8 Å². The van der Waals surface area contributed by atoms with Crippen LogP contribution in [0, 0.1) is 6.92 Å². The van der Waals surface area contributed by atoms with Crippen molar-refractivity contribution in [1.29, 1.82) is 0 Å². The minimum atomic E-state index is -0.125. The van der Waals surface area contributed by atoms with Gasteiger partial charge in [0, 0.05) is 23.1 Å². The Labute approximate surface area is 138 Å². The first-order valence-corrected chi connectivity index (χ1v) is 8.22. The number of amides is 1. The third-order valence-corrected chi connectivity index (χ3v) is 4.33. The first-order chi connectivity index (χ1) is 10.6. The summed E-state index contributed by atoms with van der Waals surface area (Å²) in [7, 11) is 0. The number of carbonyl (C=O) groups is 1. The fraction of sp³-hybridized carbons (Fsp3) is 0.294. The Morgan fingerprint density at radius 2 is 2.00 bits per heavy atom. The molecule has 1 amide bonds. The molecule has 0 unspecified atom stereocenters. The number of benzene rings is 1. The van der Waals surface area contributed by atoms with E-state index in [0.29, 0.717) is 5.56 Å². The molecule has 0 radical (unpaired) electrons. The van der Waals surface area contributed by atoms with E-state index in [9.17, 15) is 4.79 Å². The van der Waals surface area contributed by atoms with Gasteiger partial charge in [-0.1, -0.05) is 22.0 Å². The van der Waals surface area contributed by atoms with Crippen LogP contribution in [0.15, 0.2) is 40.9 Å². The lowest BCUT2D eigenvalue weighted by atomic mass is 10.2. The van der Waals surface area contributed by atoms with Gasteiger partial charge in [0.2, 0.25) is 0 Å². The van der Waals surface area contributed by atoms with Crippen molar-refractivity contribution < 1.29 is 4.79 Å². The van der Waals surface area contributed by atoms with E-state index in [4.69, 9.17) is 0 Å². The molecule has 4 nitrogen and oxygen atoms in total. The van der Waals surface area contributed by atoms with E-state index in [1.165, 1.54) is 12.8 Å². The van der Waals surface area contributed by atoms with Crippen LogP contribution in [0.1, 0.15) is 28.9 Å². The summed E-state index contributed by atoms with van der Waals surface area (Å²) >= 11 is 3.38. The zero-order chi connectivity index (χ0) is 15.5. The van der Waals surface area contributed by atoms with Crippen molar-refractivity contribution >= 4 is 33.3 Å². The quantitative estimate of drug-likeness (QED) is 0.900. The van der Waals surface area contributed by atoms with Crippen LogP contribution in [0.3, 0.4) is 0 Å². The normalized spacial score (nSPS) is 14.2. The van der Waals surface area contributed by atoms with Gasteiger partial charge in [0.05, 0.1) is 11.4 Å². The highest BCUT2D eigenvalue weighted by Gasteiger charge is 2.15. The molecule has 0 aliphatic carbocycles. The molecule has 3 rings (SSSR count). The number of rotatable bonds is 3. The molecule has 1 aromatic heterocycles. The molecule has 1 aliphatic rings. The second-order valence-electron chi connectivity index (χ2n) is 5.46. The summed E-state index contributed by atoms with van der Waals surface area (Å²) in [6.07, 6.45) is 2.45. The highest BCUT2D eigenvalue weighted by Crippen LogP contribution is 2.22. The monoisotopic (exact) mass is 359 g/mol. The Balaban J connectivity index is 1.76. The topological polar surface area (TPSA) is 45.2 Å². The SMILES string of the molecule is Cc1nc(N2CCCC2)ccc1NC(=O)c1cccc(Br)c1. The van der Waals surface area contributed by atoms with Crippen molar-refractivity contribution in [2.24, 2.45) is 0 Å². The molecule has 0 bridgehead atoms. The van der Waals surface area contributed by atoms with Crippen molar-refractivity contribution in [3.05, 3.63) is 52.1 Å². The molecule has 1 aliphatic heterocycles. The molecule has 0 atom stereocenters. The first-order valence-electron chi connectivity index (χ1n) is 7.43. The van der Waals surface area contributed by atoms with Crippen LogP contribution in [0.5, 0.6) is 0 Å². The lowest BCUT2D eigenvalue weighted by molar-refractivity contribution is 0.102. The third-order valence-electron chi connectivity index (χ3n) is 3.84. The number of halogens is 1. The summed E-state index contributed by atoms with van der Waals surface area (Å²) in [5, 5.41) is 2.93. The van der Waals surface area contributed by atoms with Gasteiger partial charge in [0.1, 0.15) is 5.82 Å². The minimum absolute atomic E-state index is 0.125. The Morgan fingerprint density at radius 3 is 2.68 bits per heavy atom. The number of hydrogen-bond acceptors (Lipinski definition) is 3. The molecule has 5 heteroatoms. The molecule has 0 spiro atoms. The van der Waals surface area contributed by atoms with Gasteiger partial charge in [-0.15, -0.1) is 0 Å². The van der Waals surface area contributed by atoms with Gasteiger partial charge in [-0.05, 0) is 50.1 Å². The average Bonchev–Trinajstić information content (AvgIpc) is 3.03. The Hall–Kier alpha value is -1.88. The molecule has 1 saturated heterocycles. The lowest BCUT2D eigenvalue weighted by Crippen LogP contribution is -2.20. The number of anilines is 2. The van der Waals surface area contributed by atoms with E-state index in [1.54, 1.807) is 12.1 Å². The minimum Gasteiger partial charge on any atom is -0.357 e. The van der Waals surface area contributed by atoms with Crippen LogP contribution >= 0.6 is 15.9 Å². The van der Waals surface area contributed by atoms with E-state index >= 15 is 0 Å². The average molecular weight is 360 g/mol. The highest BCUT2D eigenvalue weighted by molar-refractivity contribution is 9.10. The maximum atomic E-state index is 12.3. The Kier molecular flexibility index (Phi) is 4.43. The number of aromatic nitrogens is 1. The highest BCUT2D eigenvalue weighted by atomic mass is 79.9. The molecule has 2 heterocycles. The summed E-state index contributed by atoms with van der Waals surface area (Å²) in [6.45, 7) is 4.06. The molecule has 2 aromatic rings. The van der Waals surface area contributed by atoms with E-state index in [0.717, 1.165) is 34.8 Å². The van der Waals surface area contributed by atoms with Gasteiger partial charge in [-0.25, -0.2) is 4.98 Å². The van der Waals surface area contributed by atoms with Crippen LogP contribution in [0.2, 0.25) is 0 Å².